The van der Waals surface area contributed by atoms with Crippen molar-refractivity contribution in [3.8, 4) is 0 Å². The zero-order valence-corrected chi connectivity index (χ0v) is 17.6. The van der Waals surface area contributed by atoms with Crippen LogP contribution in [-0.4, -0.2) is 33.0 Å². The Hall–Kier alpha value is -4.06. The normalized spacial score (nSPS) is 12.3. The molecule has 6 nitrogen and oxygen atoms in total. The second-order valence-corrected chi connectivity index (χ2v) is 7.78. The zero-order chi connectivity index (χ0) is 22.6. The summed E-state index contributed by atoms with van der Waals surface area (Å²) in [6.07, 6.45) is 1.58. The van der Waals surface area contributed by atoms with Gasteiger partial charge in [-0.25, -0.2) is 9.78 Å². The fourth-order valence-corrected chi connectivity index (χ4v) is 3.78. The molecule has 0 radical (unpaired) electrons. The van der Waals surface area contributed by atoms with E-state index in [-0.39, 0.29) is 6.42 Å². The van der Waals surface area contributed by atoms with E-state index in [1.54, 1.807) is 6.20 Å². The molecule has 0 saturated heterocycles. The lowest BCUT2D eigenvalue weighted by atomic mass is 9.75. The summed E-state index contributed by atoms with van der Waals surface area (Å²) in [7, 11) is 0. The zero-order valence-electron chi connectivity index (χ0n) is 17.6. The Morgan fingerprint density at radius 1 is 0.875 bits per heavy atom. The highest BCUT2D eigenvalue weighted by molar-refractivity contribution is 5.94. The van der Waals surface area contributed by atoms with Crippen LogP contribution in [0.1, 0.15) is 23.7 Å². The molecule has 0 spiro atoms. The molecule has 1 heterocycles. The van der Waals surface area contributed by atoms with Crippen molar-refractivity contribution in [3.63, 3.8) is 0 Å². The maximum atomic E-state index is 13.6. The number of rotatable bonds is 7. The summed E-state index contributed by atoms with van der Waals surface area (Å²) < 4.78 is 0. The molecule has 32 heavy (non-hydrogen) atoms. The first kappa shape index (κ1) is 21.2. The minimum atomic E-state index is -1.15. The Morgan fingerprint density at radius 2 is 1.41 bits per heavy atom. The molecule has 3 aromatic carbocycles. The van der Waals surface area contributed by atoms with Crippen molar-refractivity contribution in [2.45, 2.75) is 24.8 Å². The highest BCUT2D eigenvalue weighted by Gasteiger charge is 2.39. The predicted molar refractivity (Wildman–Crippen MR) is 122 cm³/mol. The summed E-state index contributed by atoms with van der Waals surface area (Å²) >= 11 is 0. The Kier molecular flexibility index (Phi) is 5.94. The van der Waals surface area contributed by atoms with Gasteiger partial charge >= 0.3 is 5.97 Å². The van der Waals surface area contributed by atoms with Crippen LogP contribution in [0, 0.1) is 0 Å². The van der Waals surface area contributed by atoms with Crippen molar-refractivity contribution in [3.05, 3.63) is 108 Å². The van der Waals surface area contributed by atoms with Gasteiger partial charge in [0.2, 0.25) is 5.91 Å². The molecule has 0 saturated carbocycles. The highest BCUT2D eigenvalue weighted by atomic mass is 16.4. The summed E-state index contributed by atoms with van der Waals surface area (Å²) in [5.74, 6) is -1.52. The summed E-state index contributed by atoms with van der Waals surface area (Å²) in [6.45, 7) is 1.81. The maximum Gasteiger partial charge on any atom is 0.326 e. The number of fused-ring (bicyclic) bond motifs is 1. The van der Waals surface area contributed by atoms with E-state index in [4.69, 9.17) is 0 Å². The number of nitrogens with zero attached hydrogens (tertiary/aromatic N) is 2. The van der Waals surface area contributed by atoms with Crippen molar-refractivity contribution in [2.24, 2.45) is 0 Å². The monoisotopic (exact) mass is 425 g/mol. The summed E-state index contributed by atoms with van der Waals surface area (Å²) in [4.78, 5) is 34.5. The lowest BCUT2D eigenvalue weighted by molar-refractivity contribution is -0.142. The Labute approximate surface area is 186 Å². The SMILES string of the molecule is CC(C(=O)N[C@H](Cc1cnc2ccccc2n1)C(=O)O)(c1ccccc1)c1ccccc1. The van der Waals surface area contributed by atoms with E-state index < -0.39 is 23.3 Å². The first-order chi connectivity index (χ1) is 15.5. The van der Waals surface area contributed by atoms with E-state index in [1.165, 1.54) is 0 Å². The molecule has 0 aliphatic heterocycles. The van der Waals surface area contributed by atoms with Crippen LogP contribution in [0.5, 0.6) is 0 Å². The number of aliphatic carboxylic acids is 1. The fourth-order valence-electron chi connectivity index (χ4n) is 3.78. The Balaban J connectivity index is 1.65. The number of nitrogens with one attached hydrogen (secondary N) is 1. The van der Waals surface area contributed by atoms with E-state index in [9.17, 15) is 14.7 Å². The smallest absolute Gasteiger partial charge is 0.326 e. The van der Waals surface area contributed by atoms with E-state index in [0.717, 1.165) is 16.6 Å². The lowest BCUT2D eigenvalue weighted by Gasteiger charge is -2.31. The summed E-state index contributed by atoms with van der Waals surface area (Å²) in [5.41, 5.74) is 2.40. The fraction of sp³-hybridized carbons (Fsp3) is 0.154. The number of carbonyl (C=O) groups excluding carboxylic acids is 1. The number of carboxylic acid groups (broad SMARTS) is 1. The van der Waals surface area contributed by atoms with Crippen LogP contribution < -0.4 is 5.32 Å². The third kappa shape index (κ3) is 4.21. The third-order valence-electron chi connectivity index (χ3n) is 5.67. The van der Waals surface area contributed by atoms with Crippen molar-refractivity contribution < 1.29 is 14.7 Å². The summed E-state index contributed by atoms with van der Waals surface area (Å²) in [6, 6.07) is 24.9. The maximum absolute atomic E-state index is 13.6. The Morgan fingerprint density at radius 3 is 1.97 bits per heavy atom. The molecule has 1 aromatic heterocycles. The average molecular weight is 425 g/mol. The predicted octanol–water partition coefficient (Wildman–Crippen LogP) is 3.75. The van der Waals surface area contributed by atoms with E-state index in [1.807, 2.05) is 91.9 Å². The second kappa shape index (κ2) is 8.98. The molecule has 1 atom stereocenters. The highest BCUT2D eigenvalue weighted by Crippen LogP contribution is 2.32. The van der Waals surface area contributed by atoms with Gasteiger partial charge < -0.3 is 10.4 Å². The van der Waals surface area contributed by atoms with Crippen LogP contribution in [0.3, 0.4) is 0 Å². The molecule has 1 amide bonds. The standard InChI is InChI=1S/C26H23N3O3/c1-26(18-10-4-2-5-11-18,19-12-6-3-7-13-19)25(32)29-23(24(30)31)16-20-17-27-21-14-8-9-15-22(21)28-20/h2-15,17,23H,16H2,1H3,(H,29,32)(H,30,31)/t23-/m1/s1. The van der Waals surface area contributed by atoms with Gasteiger partial charge in [-0.05, 0) is 30.2 Å². The number of benzene rings is 3. The quantitative estimate of drug-likeness (QED) is 0.471. The van der Waals surface area contributed by atoms with Crippen molar-refractivity contribution in [1.82, 2.24) is 15.3 Å². The number of para-hydroxylation sites is 2. The Bertz CT molecular complexity index is 1200. The number of amides is 1. The topological polar surface area (TPSA) is 92.2 Å². The number of hydrogen-bond acceptors (Lipinski definition) is 4. The molecule has 4 aromatic rings. The van der Waals surface area contributed by atoms with E-state index in [0.29, 0.717) is 11.2 Å². The van der Waals surface area contributed by atoms with E-state index in [2.05, 4.69) is 15.3 Å². The van der Waals surface area contributed by atoms with Gasteiger partial charge in [-0.2, -0.15) is 0 Å². The molecule has 160 valence electrons. The largest absolute Gasteiger partial charge is 0.480 e. The van der Waals surface area contributed by atoms with Gasteiger partial charge in [-0.1, -0.05) is 72.8 Å². The van der Waals surface area contributed by atoms with Gasteiger partial charge in [0.15, 0.2) is 0 Å². The minimum absolute atomic E-state index is 0.0264. The second-order valence-electron chi connectivity index (χ2n) is 7.78. The van der Waals surface area contributed by atoms with Gasteiger partial charge in [0.25, 0.3) is 0 Å². The molecule has 0 fully saturated rings. The molecule has 6 heteroatoms. The molecule has 2 N–H and O–H groups in total. The molecular formula is C26H23N3O3. The number of carboxylic acids is 1. The summed E-state index contributed by atoms with van der Waals surface area (Å²) in [5, 5.41) is 12.6. The molecular weight excluding hydrogens is 402 g/mol. The van der Waals surface area contributed by atoms with Gasteiger partial charge in [0.1, 0.15) is 6.04 Å². The van der Waals surface area contributed by atoms with Crippen LogP contribution in [-0.2, 0) is 21.4 Å². The van der Waals surface area contributed by atoms with E-state index >= 15 is 0 Å². The molecule has 0 aliphatic rings. The van der Waals surface area contributed by atoms with Crippen LogP contribution in [0.25, 0.3) is 11.0 Å². The third-order valence-corrected chi connectivity index (χ3v) is 5.67. The van der Waals surface area contributed by atoms with Crippen molar-refractivity contribution in [2.75, 3.05) is 0 Å². The molecule has 0 aliphatic carbocycles. The molecule has 4 rings (SSSR count). The molecule has 0 bridgehead atoms. The van der Waals surface area contributed by atoms with Gasteiger partial charge in [0.05, 0.1) is 22.1 Å². The average Bonchev–Trinajstić information content (AvgIpc) is 2.84. The van der Waals surface area contributed by atoms with Crippen LogP contribution >= 0.6 is 0 Å². The van der Waals surface area contributed by atoms with Gasteiger partial charge in [-0.15, -0.1) is 0 Å². The van der Waals surface area contributed by atoms with Gasteiger partial charge in [-0.3, -0.25) is 9.78 Å². The number of carbonyl (C=O) groups is 2. The van der Waals surface area contributed by atoms with Crippen LogP contribution in [0.15, 0.2) is 91.1 Å². The first-order valence-electron chi connectivity index (χ1n) is 10.3. The lowest BCUT2D eigenvalue weighted by Crippen LogP contribution is -2.50. The molecule has 0 unspecified atom stereocenters. The van der Waals surface area contributed by atoms with Crippen molar-refractivity contribution in [1.29, 1.82) is 0 Å². The minimum Gasteiger partial charge on any atom is -0.480 e. The first-order valence-corrected chi connectivity index (χ1v) is 10.3. The number of aromatic nitrogens is 2. The van der Waals surface area contributed by atoms with Crippen molar-refractivity contribution >= 4 is 22.9 Å². The van der Waals surface area contributed by atoms with Crippen LogP contribution in [0.2, 0.25) is 0 Å². The number of hydrogen-bond donors (Lipinski definition) is 2. The van der Waals surface area contributed by atoms with Gasteiger partial charge in [0, 0.05) is 12.6 Å². The van der Waals surface area contributed by atoms with Crippen LogP contribution in [0.4, 0.5) is 0 Å².